The lowest BCUT2D eigenvalue weighted by atomic mass is 10.1. The van der Waals surface area contributed by atoms with Gasteiger partial charge in [0.05, 0.1) is 7.11 Å². The van der Waals surface area contributed by atoms with E-state index in [1.165, 1.54) is 29.6 Å². The van der Waals surface area contributed by atoms with Gasteiger partial charge in [0, 0.05) is 6.07 Å². The molecular weight excluding hydrogens is 302 g/mol. The highest BCUT2D eigenvalue weighted by molar-refractivity contribution is 5.75. The Balaban J connectivity index is 1.87. The molecule has 2 aromatic carbocycles. The number of aryl methyl sites for hydroxylation is 1. The fourth-order valence-corrected chi connectivity index (χ4v) is 2.77. The van der Waals surface area contributed by atoms with E-state index in [9.17, 15) is 5.11 Å². The van der Waals surface area contributed by atoms with Crippen molar-refractivity contribution < 1.29 is 9.84 Å². The van der Waals surface area contributed by atoms with Crippen molar-refractivity contribution in [1.29, 1.82) is 0 Å². The van der Waals surface area contributed by atoms with Crippen LogP contribution in [0.15, 0.2) is 36.4 Å². The summed E-state index contributed by atoms with van der Waals surface area (Å²) in [5.41, 5.74) is 3.31. The van der Waals surface area contributed by atoms with Crippen molar-refractivity contribution in [3.63, 3.8) is 0 Å². The van der Waals surface area contributed by atoms with Gasteiger partial charge in [-0.2, -0.15) is 0 Å². The molecule has 1 heterocycles. The molecule has 0 saturated heterocycles. The molecule has 0 radical (unpaired) electrons. The highest BCUT2D eigenvalue weighted by Crippen LogP contribution is 2.25. The Bertz CT molecular complexity index is 827. The predicted molar refractivity (Wildman–Crippen MR) is 94.9 cm³/mol. The summed E-state index contributed by atoms with van der Waals surface area (Å²) in [6.45, 7) is 2.21. The van der Waals surface area contributed by atoms with Crippen molar-refractivity contribution in [2.45, 2.75) is 39.0 Å². The first-order valence-electron chi connectivity index (χ1n) is 8.44. The summed E-state index contributed by atoms with van der Waals surface area (Å²) in [4.78, 5) is 1.50. The van der Waals surface area contributed by atoms with Crippen molar-refractivity contribution in [3.8, 4) is 17.2 Å². The molecule has 0 aliphatic rings. The molecule has 5 heteroatoms. The molecule has 0 fully saturated rings. The number of phenolic OH excluding ortho intramolecular Hbond substituents is 1. The molecule has 0 bridgehead atoms. The monoisotopic (exact) mass is 325 g/mol. The number of hydrogen-bond donors (Lipinski definition) is 1. The van der Waals surface area contributed by atoms with Crippen molar-refractivity contribution >= 4 is 11.0 Å². The lowest BCUT2D eigenvalue weighted by Crippen LogP contribution is -2.00. The van der Waals surface area contributed by atoms with Crippen molar-refractivity contribution in [2.75, 3.05) is 7.11 Å². The van der Waals surface area contributed by atoms with Crippen LogP contribution in [0.1, 0.15) is 38.2 Å². The summed E-state index contributed by atoms with van der Waals surface area (Å²) in [6.07, 6.45) is 5.88. The standard InChI is InChI=1S/C19H23N3O2/c1-3-4-5-6-7-14-8-11-19(23)18(12-14)22-20-16-10-9-15(24-2)13-17(16)21-22/h8-13,23H,3-7H2,1-2H3. The second kappa shape index (κ2) is 7.34. The summed E-state index contributed by atoms with van der Waals surface area (Å²) in [5, 5.41) is 19.1. The zero-order valence-electron chi connectivity index (χ0n) is 14.2. The normalized spacial score (nSPS) is 11.1. The van der Waals surface area contributed by atoms with Crippen LogP contribution in [0.5, 0.6) is 11.5 Å². The molecule has 3 aromatic rings. The number of aromatic nitrogens is 3. The predicted octanol–water partition coefficient (Wildman–Crippen LogP) is 4.26. The van der Waals surface area contributed by atoms with Crippen LogP contribution in [0.3, 0.4) is 0 Å². The largest absolute Gasteiger partial charge is 0.506 e. The number of methoxy groups -OCH3 is 1. The van der Waals surface area contributed by atoms with Gasteiger partial charge in [0.1, 0.15) is 28.2 Å². The average molecular weight is 325 g/mol. The Hall–Kier alpha value is -2.56. The third-order valence-corrected chi connectivity index (χ3v) is 4.16. The number of unbranched alkanes of at least 4 members (excludes halogenated alkanes) is 3. The van der Waals surface area contributed by atoms with E-state index in [2.05, 4.69) is 17.1 Å². The number of aromatic hydroxyl groups is 1. The molecule has 0 saturated carbocycles. The summed E-state index contributed by atoms with van der Waals surface area (Å²) in [5.74, 6) is 0.919. The van der Waals surface area contributed by atoms with Gasteiger partial charge in [0.25, 0.3) is 0 Å². The number of rotatable bonds is 7. The van der Waals surface area contributed by atoms with Crippen molar-refractivity contribution in [3.05, 3.63) is 42.0 Å². The minimum atomic E-state index is 0.180. The van der Waals surface area contributed by atoms with E-state index in [0.29, 0.717) is 5.69 Å². The lowest BCUT2D eigenvalue weighted by molar-refractivity contribution is 0.415. The molecule has 1 aromatic heterocycles. The van der Waals surface area contributed by atoms with E-state index in [0.717, 1.165) is 29.6 Å². The molecule has 0 spiro atoms. The number of nitrogens with zero attached hydrogens (tertiary/aromatic N) is 3. The molecule has 126 valence electrons. The Morgan fingerprint density at radius 2 is 1.83 bits per heavy atom. The first-order chi connectivity index (χ1) is 11.7. The van der Waals surface area contributed by atoms with Gasteiger partial charge in [-0.25, -0.2) is 0 Å². The fraction of sp³-hybridized carbons (Fsp3) is 0.368. The van der Waals surface area contributed by atoms with Gasteiger partial charge in [-0.15, -0.1) is 15.0 Å². The number of phenols is 1. The maximum Gasteiger partial charge on any atom is 0.143 e. The third-order valence-electron chi connectivity index (χ3n) is 4.16. The van der Waals surface area contributed by atoms with Crippen LogP contribution >= 0.6 is 0 Å². The average Bonchev–Trinajstić information content (AvgIpc) is 3.02. The maximum absolute atomic E-state index is 10.2. The molecule has 0 amide bonds. The number of benzene rings is 2. The molecule has 0 atom stereocenters. The number of hydrogen-bond acceptors (Lipinski definition) is 4. The van der Waals surface area contributed by atoms with Crippen LogP contribution in [0, 0.1) is 0 Å². The fourth-order valence-electron chi connectivity index (χ4n) is 2.77. The summed E-state index contributed by atoms with van der Waals surface area (Å²) in [6, 6.07) is 11.2. The number of ether oxygens (including phenoxy) is 1. The van der Waals surface area contributed by atoms with E-state index >= 15 is 0 Å². The quantitative estimate of drug-likeness (QED) is 0.659. The molecule has 3 rings (SSSR count). The van der Waals surface area contributed by atoms with Crippen molar-refractivity contribution in [1.82, 2.24) is 15.0 Å². The van der Waals surface area contributed by atoms with E-state index in [1.54, 1.807) is 13.2 Å². The summed E-state index contributed by atoms with van der Waals surface area (Å²) in [7, 11) is 1.62. The molecule has 0 aliphatic heterocycles. The highest BCUT2D eigenvalue weighted by Gasteiger charge is 2.10. The van der Waals surface area contributed by atoms with Gasteiger partial charge in [0.15, 0.2) is 0 Å². The van der Waals surface area contributed by atoms with Crippen LogP contribution in [0.25, 0.3) is 16.7 Å². The Labute approximate surface area is 141 Å². The Morgan fingerprint density at radius 3 is 2.62 bits per heavy atom. The third kappa shape index (κ3) is 3.50. The first-order valence-corrected chi connectivity index (χ1v) is 8.44. The molecular formula is C19H23N3O2. The second-order valence-electron chi connectivity index (χ2n) is 5.98. The maximum atomic E-state index is 10.2. The molecule has 0 unspecified atom stereocenters. The summed E-state index contributed by atoms with van der Waals surface area (Å²) >= 11 is 0. The smallest absolute Gasteiger partial charge is 0.143 e. The second-order valence-corrected chi connectivity index (χ2v) is 5.98. The van der Waals surface area contributed by atoms with Crippen molar-refractivity contribution in [2.24, 2.45) is 0 Å². The van der Waals surface area contributed by atoms with Crippen LogP contribution < -0.4 is 4.74 Å². The van der Waals surface area contributed by atoms with Gasteiger partial charge >= 0.3 is 0 Å². The minimum absolute atomic E-state index is 0.180. The van der Waals surface area contributed by atoms with Gasteiger partial charge in [-0.05, 0) is 42.7 Å². The summed E-state index contributed by atoms with van der Waals surface area (Å²) < 4.78 is 5.22. The topological polar surface area (TPSA) is 60.2 Å². The highest BCUT2D eigenvalue weighted by atomic mass is 16.5. The van der Waals surface area contributed by atoms with E-state index < -0.39 is 0 Å². The van der Waals surface area contributed by atoms with Crippen LogP contribution in [-0.2, 0) is 6.42 Å². The zero-order chi connectivity index (χ0) is 16.9. The molecule has 24 heavy (non-hydrogen) atoms. The Morgan fingerprint density at radius 1 is 1.00 bits per heavy atom. The van der Waals surface area contributed by atoms with Gasteiger partial charge in [0.2, 0.25) is 0 Å². The van der Waals surface area contributed by atoms with Gasteiger partial charge < -0.3 is 9.84 Å². The zero-order valence-corrected chi connectivity index (χ0v) is 14.2. The van der Waals surface area contributed by atoms with E-state index in [4.69, 9.17) is 4.74 Å². The Kier molecular flexibility index (Phi) is 4.99. The number of fused-ring (bicyclic) bond motifs is 1. The van der Waals surface area contributed by atoms with Crippen LogP contribution in [0.4, 0.5) is 0 Å². The van der Waals surface area contributed by atoms with E-state index in [1.807, 2.05) is 30.3 Å². The van der Waals surface area contributed by atoms with Crippen LogP contribution in [-0.4, -0.2) is 27.2 Å². The SMILES string of the molecule is CCCCCCc1ccc(O)c(-n2nc3ccc(OC)cc3n2)c1. The minimum Gasteiger partial charge on any atom is -0.506 e. The molecule has 1 N–H and O–H groups in total. The van der Waals surface area contributed by atoms with E-state index in [-0.39, 0.29) is 5.75 Å². The molecule has 0 aliphatic carbocycles. The van der Waals surface area contributed by atoms with Gasteiger partial charge in [-0.3, -0.25) is 0 Å². The first kappa shape index (κ1) is 16.3. The van der Waals surface area contributed by atoms with Gasteiger partial charge in [-0.1, -0.05) is 32.3 Å². The van der Waals surface area contributed by atoms with Crippen LogP contribution in [0.2, 0.25) is 0 Å². The lowest BCUT2D eigenvalue weighted by Gasteiger charge is -2.07. The molecule has 5 nitrogen and oxygen atoms in total.